The first-order valence-corrected chi connectivity index (χ1v) is 6.46. The second-order valence-electron chi connectivity index (χ2n) is 4.74. The van der Waals surface area contributed by atoms with Crippen LogP contribution in [0.5, 0.6) is 5.88 Å². The number of hydrogen-bond acceptors (Lipinski definition) is 4. The van der Waals surface area contributed by atoms with Gasteiger partial charge in [-0.1, -0.05) is 0 Å². The van der Waals surface area contributed by atoms with Gasteiger partial charge in [0.05, 0.1) is 5.69 Å². The largest absolute Gasteiger partial charge is 0.493 e. The first-order valence-electron chi connectivity index (χ1n) is 6.46. The third kappa shape index (κ3) is 2.01. The zero-order chi connectivity index (χ0) is 13.4. The Bertz CT molecular complexity index is 615. The van der Waals surface area contributed by atoms with Gasteiger partial charge in [-0.05, 0) is 31.9 Å². The third-order valence-corrected chi connectivity index (χ3v) is 3.37. The van der Waals surface area contributed by atoms with Gasteiger partial charge in [0.2, 0.25) is 11.7 Å². The Hall–Kier alpha value is -2.17. The number of nitrogens with zero attached hydrogens (tertiary/aromatic N) is 3. The van der Waals surface area contributed by atoms with Crippen molar-refractivity contribution in [1.29, 1.82) is 0 Å². The summed E-state index contributed by atoms with van der Waals surface area (Å²) in [6.45, 7) is 2.44. The molecule has 5 nitrogen and oxygen atoms in total. The molecule has 1 N–H and O–H groups in total. The highest BCUT2D eigenvalue weighted by atomic mass is 16.3. The van der Waals surface area contributed by atoms with E-state index in [0.29, 0.717) is 23.6 Å². The molecule has 1 fully saturated rings. The minimum atomic E-state index is -0.202. The second-order valence-corrected chi connectivity index (χ2v) is 4.74. The molecule has 0 aromatic carbocycles. The van der Waals surface area contributed by atoms with Crippen molar-refractivity contribution in [2.75, 3.05) is 0 Å². The van der Waals surface area contributed by atoms with Gasteiger partial charge < -0.3 is 5.11 Å². The maximum Gasteiger partial charge on any atom is 0.221 e. The summed E-state index contributed by atoms with van der Waals surface area (Å²) < 4.78 is 1.48. The fourth-order valence-corrected chi connectivity index (χ4v) is 2.19. The number of aryl methyl sites for hydroxylation is 1. The lowest BCUT2D eigenvalue weighted by molar-refractivity contribution is 0.103. The summed E-state index contributed by atoms with van der Waals surface area (Å²) in [6.07, 6.45) is 5.20. The van der Waals surface area contributed by atoms with E-state index < -0.39 is 0 Å². The second kappa shape index (κ2) is 4.50. The number of rotatable bonds is 4. The highest BCUT2D eigenvalue weighted by Crippen LogP contribution is 2.43. The number of aromatic nitrogens is 3. The van der Waals surface area contributed by atoms with Gasteiger partial charge in [-0.3, -0.25) is 9.78 Å². The quantitative estimate of drug-likeness (QED) is 0.852. The molecule has 0 amide bonds. The topological polar surface area (TPSA) is 68.0 Å². The molecule has 2 aromatic heterocycles. The molecule has 0 bridgehead atoms. The van der Waals surface area contributed by atoms with Gasteiger partial charge >= 0.3 is 0 Å². The summed E-state index contributed by atoms with van der Waals surface area (Å²) >= 11 is 0. The molecular formula is C14H15N3O2. The predicted molar refractivity (Wildman–Crippen MR) is 69.2 cm³/mol. The van der Waals surface area contributed by atoms with Crippen LogP contribution in [-0.4, -0.2) is 25.7 Å². The Kier molecular flexibility index (Phi) is 2.81. The van der Waals surface area contributed by atoms with Gasteiger partial charge in [-0.2, -0.15) is 5.10 Å². The first kappa shape index (κ1) is 11.9. The maximum absolute atomic E-state index is 12.5. The SMILES string of the molecule is CCn1nc(C2CC2)c(C(=O)c2cccnc2)c1O. The minimum absolute atomic E-state index is 0.0294. The summed E-state index contributed by atoms with van der Waals surface area (Å²) in [7, 11) is 0. The van der Waals surface area contributed by atoms with E-state index in [9.17, 15) is 9.90 Å². The molecule has 0 unspecified atom stereocenters. The summed E-state index contributed by atoms with van der Waals surface area (Å²) in [5.41, 5.74) is 1.56. The van der Waals surface area contributed by atoms with E-state index in [-0.39, 0.29) is 11.7 Å². The maximum atomic E-state index is 12.5. The lowest BCUT2D eigenvalue weighted by Crippen LogP contribution is -2.04. The Morgan fingerprint density at radius 3 is 2.89 bits per heavy atom. The molecule has 0 radical (unpaired) electrons. The fourth-order valence-electron chi connectivity index (χ4n) is 2.19. The summed E-state index contributed by atoms with van der Waals surface area (Å²) in [5.74, 6) is 0.0831. The number of pyridine rings is 1. The summed E-state index contributed by atoms with van der Waals surface area (Å²) in [5, 5.41) is 14.5. The van der Waals surface area contributed by atoms with E-state index in [2.05, 4.69) is 10.1 Å². The van der Waals surface area contributed by atoms with Crippen LogP contribution < -0.4 is 0 Å². The summed E-state index contributed by atoms with van der Waals surface area (Å²) in [4.78, 5) is 16.4. The van der Waals surface area contributed by atoms with Crippen LogP contribution in [0.3, 0.4) is 0 Å². The van der Waals surface area contributed by atoms with Crippen molar-refractivity contribution in [3.8, 4) is 5.88 Å². The number of aromatic hydroxyl groups is 1. The van der Waals surface area contributed by atoms with Crippen molar-refractivity contribution in [2.24, 2.45) is 0 Å². The van der Waals surface area contributed by atoms with E-state index in [0.717, 1.165) is 18.5 Å². The zero-order valence-corrected chi connectivity index (χ0v) is 10.7. The van der Waals surface area contributed by atoms with Gasteiger partial charge in [-0.25, -0.2) is 4.68 Å². The lowest BCUT2D eigenvalue weighted by atomic mass is 10.0. The monoisotopic (exact) mass is 257 g/mol. The van der Waals surface area contributed by atoms with E-state index in [1.54, 1.807) is 18.3 Å². The standard InChI is InChI=1S/C14H15N3O2/c1-2-17-14(19)11(12(16-17)9-5-6-9)13(18)10-4-3-7-15-8-10/h3-4,7-9,19H,2,5-6H2,1H3. The third-order valence-electron chi connectivity index (χ3n) is 3.37. The van der Waals surface area contributed by atoms with Crippen molar-refractivity contribution < 1.29 is 9.90 Å². The lowest BCUT2D eigenvalue weighted by Gasteiger charge is -2.01. The van der Waals surface area contributed by atoms with Crippen LogP contribution in [-0.2, 0) is 6.54 Å². The first-order chi connectivity index (χ1) is 9.22. The van der Waals surface area contributed by atoms with Crippen molar-refractivity contribution >= 4 is 5.78 Å². The molecule has 0 spiro atoms. The van der Waals surface area contributed by atoms with Crippen LogP contribution >= 0.6 is 0 Å². The van der Waals surface area contributed by atoms with E-state index in [1.165, 1.54) is 10.9 Å². The van der Waals surface area contributed by atoms with Gasteiger partial charge in [-0.15, -0.1) is 0 Å². The molecule has 0 aliphatic heterocycles. The Morgan fingerprint density at radius 2 is 2.32 bits per heavy atom. The van der Waals surface area contributed by atoms with E-state index in [4.69, 9.17) is 0 Å². The van der Waals surface area contributed by atoms with Crippen LogP contribution in [0.4, 0.5) is 0 Å². The van der Waals surface area contributed by atoms with Crippen molar-refractivity contribution in [2.45, 2.75) is 32.2 Å². The highest BCUT2D eigenvalue weighted by molar-refractivity contribution is 6.11. The van der Waals surface area contributed by atoms with Crippen molar-refractivity contribution in [3.63, 3.8) is 0 Å². The molecule has 1 aliphatic carbocycles. The molecule has 0 saturated heterocycles. The van der Waals surface area contributed by atoms with Crippen LogP contribution in [0, 0.1) is 0 Å². The van der Waals surface area contributed by atoms with Gasteiger partial charge in [0.25, 0.3) is 0 Å². The molecule has 3 rings (SSSR count). The van der Waals surface area contributed by atoms with E-state index >= 15 is 0 Å². The molecule has 1 aliphatic rings. The van der Waals surface area contributed by atoms with Crippen LogP contribution in [0.1, 0.15) is 47.3 Å². The van der Waals surface area contributed by atoms with Crippen molar-refractivity contribution in [3.05, 3.63) is 41.3 Å². The average molecular weight is 257 g/mol. The van der Waals surface area contributed by atoms with Crippen molar-refractivity contribution in [1.82, 2.24) is 14.8 Å². The Morgan fingerprint density at radius 1 is 1.53 bits per heavy atom. The smallest absolute Gasteiger partial charge is 0.221 e. The van der Waals surface area contributed by atoms with Crippen LogP contribution in [0.2, 0.25) is 0 Å². The molecule has 19 heavy (non-hydrogen) atoms. The molecule has 98 valence electrons. The molecular weight excluding hydrogens is 242 g/mol. The molecule has 2 aromatic rings. The van der Waals surface area contributed by atoms with Gasteiger partial charge in [0.1, 0.15) is 5.56 Å². The number of carbonyl (C=O) groups excluding carboxylic acids is 1. The number of hydrogen-bond donors (Lipinski definition) is 1. The molecule has 0 atom stereocenters. The fraction of sp³-hybridized carbons (Fsp3) is 0.357. The zero-order valence-electron chi connectivity index (χ0n) is 10.7. The predicted octanol–water partition coefficient (Wildman–Crippen LogP) is 2.11. The highest BCUT2D eigenvalue weighted by Gasteiger charge is 2.34. The Balaban J connectivity index is 2.08. The average Bonchev–Trinajstić information content (AvgIpc) is 3.23. The van der Waals surface area contributed by atoms with Gasteiger partial charge in [0.15, 0.2) is 0 Å². The summed E-state index contributed by atoms with van der Waals surface area (Å²) in [6, 6.07) is 3.42. The van der Waals surface area contributed by atoms with Crippen LogP contribution in [0.15, 0.2) is 24.5 Å². The molecule has 1 saturated carbocycles. The molecule has 5 heteroatoms. The normalized spacial score (nSPS) is 14.6. The minimum Gasteiger partial charge on any atom is -0.493 e. The molecule has 2 heterocycles. The van der Waals surface area contributed by atoms with E-state index in [1.807, 2.05) is 6.92 Å². The number of ketones is 1. The number of carbonyl (C=O) groups is 1. The Labute approximate surface area is 110 Å². The van der Waals surface area contributed by atoms with Crippen LogP contribution in [0.25, 0.3) is 0 Å². The van der Waals surface area contributed by atoms with Gasteiger partial charge in [0, 0.05) is 30.4 Å².